The molecule has 0 spiro atoms. The molecule has 2 aliphatic rings. The Balaban J connectivity index is 1.49. The maximum Gasteiger partial charge on any atom is 0.309 e. The van der Waals surface area contributed by atoms with Crippen LogP contribution >= 0.6 is 0 Å². The molecular formula is C23H34N2O5S. The van der Waals surface area contributed by atoms with Crippen molar-refractivity contribution in [1.29, 1.82) is 0 Å². The van der Waals surface area contributed by atoms with Gasteiger partial charge >= 0.3 is 5.97 Å². The Kier molecular flexibility index (Phi) is 7.75. The number of benzene rings is 1. The molecule has 1 aliphatic heterocycles. The number of hydrogen-bond donors (Lipinski definition) is 1. The first-order valence-corrected chi connectivity index (χ1v) is 12.7. The SMILES string of the molecule is Cc1ccc(S(=O)(=O)N2CCC(C(=O)O[C@H](C)C(=O)N[C@H]3CCCC[C@@H]3C)CC2)cc1. The standard InChI is InChI=1S/C23H34N2O5S/c1-16-8-10-20(11-9-16)31(28,29)25-14-12-19(13-15-25)23(27)30-18(3)22(26)24-21-7-5-4-6-17(21)2/h8-11,17-19,21H,4-7,12-15H2,1-3H3,(H,24,26)/t17-,18+,21-/m0/s1. The van der Waals surface area contributed by atoms with Crippen molar-refractivity contribution in [2.45, 2.75) is 76.3 Å². The molecule has 0 aromatic heterocycles. The summed E-state index contributed by atoms with van der Waals surface area (Å²) in [5.41, 5.74) is 0.997. The van der Waals surface area contributed by atoms with E-state index in [4.69, 9.17) is 4.74 Å². The van der Waals surface area contributed by atoms with Crippen molar-refractivity contribution in [3.8, 4) is 0 Å². The molecule has 172 valence electrons. The van der Waals surface area contributed by atoms with Gasteiger partial charge in [0.15, 0.2) is 6.10 Å². The average Bonchev–Trinajstić information content (AvgIpc) is 2.75. The van der Waals surface area contributed by atoms with Crippen molar-refractivity contribution >= 4 is 21.9 Å². The van der Waals surface area contributed by atoms with Crippen LogP contribution in [0.25, 0.3) is 0 Å². The lowest BCUT2D eigenvalue weighted by atomic mass is 9.86. The first-order valence-electron chi connectivity index (χ1n) is 11.3. The second kappa shape index (κ2) is 10.1. The largest absolute Gasteiger partial charge is 0.452 e. The second-order valence-electron chi connectivity index (χ2n) is 8.95. The Morgan fingerprint density at radius 2 is 1.68 bits per heavy atom. The monoisotopic (exact) mass is 450 g/mol. The van der Waals surface area contributed by atoms with E-state index in [2.05, 4.69) is 12.2 Å². The number of hydrogen-bond acceptors (Lipinski definition) is 5. The lowest BCUT2D eigenvalue weighted by Crippen LogP contribution is -2.47. The lowest BCUT2D eigenvalue weighted by Gasteiger charge is -2.32. The number of piperidine rings is 1. The van der Waals surface area contributed by atoms with Gasteiger partial charge in [-0.25, -0.2) is 8.42 Å². The zero-order chi connectivity index (χ0) is 22.6. The summed E-state index contributed by atoms with van der Waals surface area (Å²) >= 11 is 0. The van der Waals surface area contributed by atoms with Crippen molar-refractivity contribution in [1.82, 2.24) is 9.62 Å². The summed E-state index contributed by atoms with van der Waals surface area (Å²) in [6.07, 6.45) is 4.28. The fourth-order valence-corrected chi connectivity index (χ4v) is 5.82. The van der Waals surface area contributed by atoms with Crippen molar-refractivity contribution in [3.63, 3.8) is 0 Å². The number of ether oxygens (including phenoxy) is 1. The second-order valence-corrected chi connectivity index (χ2v) is 10.9. The van der Waals surface area contributed by atoms with E-state index in [0.717, 1.165) is 24.8 Å². The predicted octanol–water partition coefficient (Wildman–Crippen LogP) is 3.02. The maximum absolute atomic E-state index is 12.8. The summed E-state index contributed by atoms with van der Waals surface area (Å²) in [6.45, 7) is 6.16. The number of sulfonamides is 1. The third-order valence-electron chi connectivity index (χ3n) is 6.55. The van der Waals surface area contributed by atoms with E-state index >= 15 is 0 Å². The normalized spacial score (nSPS) is 24.4. The minimum absolute atomic E-state index is 0.137. The fourth-order valence-electron chi connectivity index (χ4n) is 4.35. The van der Waals surface area contributed by atoms with Crippen molar-refractivity contribution in [2.75, 3.05) is 13.1 Å². The van der Waals surface area contributed by atoms with E-state index in [9.17, 15) is 18.0 Å². The van der Waals surface area contributed by atoms with Gasteiger partial charge < -0.3 is 10.1 Å². The molecule has 1 aromatic rings. The Labute approximate surface area is 185 Å². The summed E-state index contributed by atoms with van der Waals surface area (Å²) in [7, 11) is -3.57. The van der Waals surface area contributed by atoms with Crippen LogP contribution < -0.4 is 5.32 Å². The Bertz CT molecular complexity index is 876. The minimum Gasteiger partial charge on any atom is -0.452 e. The van der Waals surface area contributed by atoms with Crippen LogP contribution in [0.15, 0.2) is 29.2 Å². The number of nitrogens with zero attached hydrogens (tertiary/aromatic N) is 1. The summed E-state index contributed by atoms with van der Waals surface area (Å²) in [5.74, 6) is -0.646. The van der Waals surface area contributed by atoms with Gasteiger partial charge in [-0.1, -0.05) is 37.5 Å². The molecule has 7 nitrogen and oxygen atoms in total. The van der Waals surface area contributed by atoms with E-state index in [0.29, 0.717) is 18.8 Å². The lowest BCUT2D eigenvalue weighted by molar-refractivity contribution is -0.160. The molecule has 1 saturated heterocycles. The van der Waals surface area contributed by atoms with Crippen LogP contribution in [0.1, 0.15) is 57.9 Å². The van der Waals surface area contributed by atoms with Crippen molar-refractivity contribution in [2.24, 2.45) is 11.8 Å². The molecule has 0 radical (unpaired) electrons. The van der Waals surface area contributed by atoms with Crippen LogP contribution in [0.2, 0.25) is 0 Å². The zero-order valence-corrected chi connectivity index (χ0v) is 19.5. The molecule has 3 atom stereocenters. The molecule has 1 heterocycles. The van der Waals surface area contributed by atoms with Gasteiger partial charge in [-0.15, -0.1) is 0 Å². The van der Waals surface area contributed by atoms with Crippen LogP contribution in [0.5, 0.6) is 0 Å². The molecule has 0 bridgehead atoms. The Morgan fingerprint density at radius 3 is 2.29 bits per heavy atom. The van der Waals surface area contributed by atoms with E-state index in [1.165, 1.54) is 10.7 Å². The van der Waals surface area contributed by atoms with Gasteiger partial charge in [-0.2, -0.15) is 4.31 Å². The number of amides is 1. The molecule has 1 saturated carbocycles. The third kappa shape index (κ3) is 5.86. The van der Waals surface area contributed by atoms with E-state index in [-0.39, 0.29) is 29.9 Å². The quantitative estimate of drug-likeness (QED) is 0.673. The van der Waals surface area contributed by atoms with Gasteiger partial charge in [0, 0.05) is 19.1 Å². The topological polar surface area (TPSA) is 92.8 Å². The van der Waals surface area contributed by atoms with Gasteiger partial charge in [0.1, 0.15) is 0 Å². The molecular weight excluding hydrogens is 416 g/mol. The van der Waals surface area contributed by atoms with Gasteiger partial charge in [-0.3, -0.25) is 9.59 Å². The van der Waals surface area contributed by atoms with Gasteiger partial charge in [0.05, 0.1) is 10.8 Å². The molecule has 0 unspecified atom stereocenters. The highest BCUT2D eigenvalue weighted by Gasteiger charge is 2.34. The first kappa shape index (κ1) is 23.7. The van der Waals surface area contributed by atoms with Crippen LogP contribution in [-0.2, 0) is 24.3 Å². The minimum atomic E-state index is -3.57. The highest BCUT2D eigenvalue weighted by molar-refractivity contribution is 7.89. The third-order valence-corrected chi connectivity index (χ3v) is 8.46. The number of esters is 1. The highest BCUT2D eigenvalue weighted by Crippen LogP contribution is 2.26. The smallest absolute Gasteiger partial charge is 0.309 e. The van der Waals surface area contributed by atoms with Crippen LogP contribution in [0, 0.1) is 18.8 Å². The van der Waals surface area contributed by atoms with Crippen molar-refractivity contribution < 1.29 is 22.7 Å². The van der Waals surface area contributed by atoms with Crippen molar-refractivity contribution in [3.05, 3.63) is 29.8 Å². The maximum atomic E-state index is 12.8. The summed E-state index contributed by atoms with van der Waals surface area (Å²) in [5, 5.41) is 3.02. The number of aryl methyl sites for hydroxylation is 1. The molecule has 1 N–H and O–H groups in total. The van der Waals surface area contributed by atoms with Gasteiger partial charge in [-0.05, 0) is 57.6 Å². The highest BCUT2D eigenvalue weighted by atomic mass is 32.2. The Hall–Kier alpha value is -1.93. The van der Waals surface area contributed by atoms with E-state index < -0.39 is 28.0 Å². The number of carbonyl (C=O) groups excluding carboxylic acids is 2. The van der Waals surface area contributed by atoms with Gasteiger partial charge in [0.2, 0.25) is 10.0 Å². The average molecular weight is 451 g/mol. The molecule has 1 aromatic carbocycles. The van der Waals surface area contributed by atoms with Gasteiger partial charge in [0.25, 0.3) is 5.91 Å². The Morgan fingerprint density at radius 1 is 1.06 bits per heavy atom. The molecule has 1 amide bonds. The predicted molar refractivity (Wildman–Crippen MR) is 118 cm³/mol. The van der Waals surface area contributed by atoms with Crippen LogP contribution in [0.3, 0.4) is 0 Å². The summed E-state index contributed by atoms with van der Waals surface area (Å²) in [6, 6.07) is 6.91. The first-order chi connectivity index (χ1) is 14.7. The summed E-state index contributed by atoms with van der Waals surface area (Å²) in [4.78, 5) is 25.3. The number of carbonyl (C=O) groups is 2. The molecule has 1 aliphatic carbocycles. The number of rotatable bonds is 6. The molecule has 2 fully saturated rings. The molecule has 31 heavy (non-hydrogen) atoms. The molecule has 3 rings (SSSR count). The fraction of sp³-hybridized carbons (Fsp3) is 0.652. The van der Waals surface area contributed by atoms with Crippen LogP contribution in [0.4, 0.5) is 0 Å². The van der Waals surface area contributed by atoms with E-state index in [1.54, 1.807) is 31.2 Å². The van der Waals surface area contributed by atoms with Crippen LogP contribution in [-0.4, -0.2) is 49.8 Å². The zero-order valence-electron chi connectivity index (χ0n) is 18.7. The summed E-state index contributed by atoms with van der Waals surface area (Å²) < 4.78 is 32.5. The van der Waals surface area contributed by atoms with E-state index in [1.807, 2.05) is 6.92 Å². The molecule has 8 heteroatoms. The number of nitrogens with one attached hydrogen (secondary N) is 1.